The molecule has 6 nitrogen and oxygen atoms in total. The number of benzene rings is 1. The number of aliphatic hydroxyl groups is 1. The molecule has 1 saturated heterocycles. The van der Waals surface area contributed by atoms with E-state index in [9.17, 15) is 9.90 Å². The van der Waals surface area contributed by atoms with Gasteiger partial charge in [-0.05, 0) is 38.3 Å². The molecule has 2 aliphatic rings. The van der Waals surface area contributed by atoms with Gasteiger partial charge in [0.15, 0.2) is 23.7 Å². The fraction of sp³-hybridized carbons (Fsp3) is 0.611. The number of amides is 1. The number of quaternary nitrogens is 1. The molecule has 1 fully saturated rings. The topological polar surface area (TPSA) is 72.2 Å². The van der Waals surface area contributed by atoms with Crippen LogP contribution in [-0.4, -0.2) is 55.5 Å². The van der Waals surface area contributed by atoms with E-state index < -0.39 is 6.10 Å². The molecule has 0 aromatic heterocycles. The Morgan fingerprint density at radius 3 is 2.75 bits per heavy atom. The second-order valence-corrected chi connectivity index (χ2v) is 6.74. The maximum atomic E-state index is 12.2. The number of ether oxygens (including phenoxy) is 2. The van der Waals surface area contributed by atoms with Crippen molar-refractivity contribution < 1.29 is 24.3 Å². The molecule has 2 aliphatic heterocycles. The number of aliphatic hydroxyl groups excluding tert-OH is 1. The lowest BCUT2D eigenvalue weighted by atomic mass is 10.1. The molecule has 0 unspecified atom stereocenters. The highest BCUT2D eigenvalue weighted by Crippen LogP contribution is 2.31. The Hall–Kier alpha value is -1.79. The zero-order valence-corrected chi connectivity index (χ0v) is 14.2. The molecule has 1 aromatic carbocycles. The second-order valence-electron chi connectivity index (χ2n) is 6.74. The Kier molecular flexibility index (Phi) is 5.58. The van der Waals surface area contributed by atoms with Crippen LogP contribution in [0.4, 0.5) is 0 Å². The Labute approximate surface area is 142 Å². The summed E-state index contributed by atoms with van der Waals surface area (Å²) in [7, 11) is 0. The van der Waals surface area contributed by atoms with E-state index in [2.05, 4.69) is 5.32 Å². The third-order valence-electron chi connectivity index (χ3n) is 4.80. The van der Waals surface area contributed by atoms with Crippen LogP contribution in [0, 0.1) is 0 Å². The van der Waals surface area contributed by atoms with Crippen molar-refractivity contribution in [3.63, 3.8) is 0 Å². The van der Waals surface area contributed by atoms with Gasteiger partial charge in [-0.3, -0.25) is 4.79 Å². The van der Waals surface area contributed by atoms with Gasteiger partial charge in [-0.2, -0.15) is 0 Å². The molecule has 3 N–H and O–H groups in total. The van der Waals surface area contributed by atoms with Crippen LogP contribution >= 0.6 is 0 Å². The summed E-state index contributed by atoms with van der Waals surface area (Å²) in [6.45, 7) is 4.81. The molecular weight excluding hydrogens is 308 g/mol. The molecule has 0 radical (unpaired) electrons. The number of fused-ring (bicyclic) bond motifs is 1. The minimum absolute atomic E-state index is 0.239. The summed E-state index contributed by atoms with van der Waals surface area (Å²) in [4.78, 5) is 13.6. The van der Waals surface area contributed by atoms with E-state index in [1.807, 2.05) is 31.2 Å². The highest BCUT2D eigenvalue weighted by Gasteiger charge is 2.30. The number of nitrogens with one attached hydrogen (secondary N) is 2. The number of para-hydroxylation sites is 2. The summed E-state index contributed by atoms with van der Waals surface area (Å²) in [6.07, 6.45) is 2.36. The molecule has 1 amide bonds. The first kappa shape index (κ1) is 17.0. The fourth-order valence-corrected chi connectivity index (χ4v) is 3.32. The van der Waals surface area contributed by atoms with E-state index in [-0.39, 0.29) is 18.1 Å². The fourth-order valence-electron chi connectivity index (χ4n) is 3.32. The summed E-state index contributed by atoms with van der Waals surface area (Å²) in [5.74, 6) is 1.08. The van der Waals surface area contributed by atoms with Crippen molar-refractivity contribution in [3.8, 4) is 11.5 Å². The van der Waals surface area contributed by atoms with Gasteiger partial charge in [0.05, 0.1) is 19.1 Å². The van der Waals surface area contributed by atoms with Crippen LogP contribution in [0.3, 0.4) is 0 Å². The van der Waals surface area contributed by atoms with Gasteiger partial charge in [-0.1, -0.05) is 12.1 Å². The zero-order valence-electron chi connectivity index (χ0n) is 14.2. The van der Waals surface area contributed by atoms with E-state index in [1.165, 1.54) is 24.2 Å². The third kappa shape index (κ3) is 4.19. The standard InChI is InChI=1S/C18H26N2O4/c1-13(17-12-23-15-7-3-4-8-16(15)24-17)19-18(22)14(21)11-20-9-5-2-6-10-20/h3-4,7-8,13-14,17,21H,2,5-6,9-12H2,1H3,(H,19,22)/p+1/t13-,14+,17+/m0/s1. The summed E-state index contributed by atoms with van der Waals surface area (Å²) in [5.41, 5.74) is 0. The minimum Gasteiger partial charge on any atom is -0.486 e. The van der Waals surface area contributed by atoms with Gasteiger partial charge in [0.25, 0.3) is 5.91 Å². The van der Waals surface area contributed by atoms with Gasteiger partial charge < -0.3 is 24.8 Å². The van der Waals surface area contributed by atoms with Gasteiger partial charge >= 0.3 is 0 Å². The van der Waals surface area contributed by atoms with Crippen molar-refractivity contribution in [3.05, 3.63) is 24.3 Å². The number of hydrogen-bond donors (Lipinski definition) is 3. The Bertz CT molecular complexity index is 560. The Morgan fingerprint density at radius 2 is 2.00 bits per heavy atom. The van der Waals surface area contributed by atoms with Gasteiger partial charge in [-0.25, -0.2) is 0 Å². The van der Waals surface area contributed by atoms with E-state index in [4.69, 9.17) is 9.47 Å². The molecule has 0 spiro atoms. The van der Waals surface area contributed by atoms with Crippen molar-refractivity contribution >= 4 is 5.91 Å². The molecule has 0 aliphatic carbocycles. The number of likely N-dealkylation sites (tertiary alicyclic amines) is 1. The van der Waals surface area contributed by atoms with E-state index >= 15 is 0 Å². The van der Waals surface area contributed by atoms with Gasteiger partial charge in [0.2, 0.25) is 0 Å². The quantitative estimate of drug-likeness (QED) is 0.695. The third-order valence-corrected chi connectivity index (χ3v) is 4.80. The largest absolute Gasteiger partial charge is 0.486 e. The number of rotatable bonds is 5. The maximum Gasteiger partial charge on any atom is 0.255 e. The number of carbonyl (C=O) groups is 1. The minimum atomic E-state index is -0.975. The van der Waals surface area contributed by atoms with Crippen molar-refractivity contribution in [2.24, 2.45) is 0 Å². The van der Waals surface area contributed by atoms with Crippen LogP contribution in [0.5, 0.6) is 11.5 Å². The van der Waals surface area contributed by atoms with Gasteiger partial charge in [0, 0.05) is 0 Å². The van der Waals surface area contributed by atoms with Crippen molar-refractivity contribution in [1.82, 2.24) is 5.32 Å². The lowest BCUT2D eigenvalue weighted by molar-refractivity contribution is -0.906. The Balaban J connectivity index is 1.49. The van der Waals surface area contributed by atoms with Crippen LogP contribution < -0.4 is 19.7 Å². The maximum absolute atomic E-state index is 12.2. The van der Waals surface area contributed by atoms with Crippen LogP contribution in [0.1, 0.15) is 26.2 Å². The average Bonchev–Trinajstić information content (AvgIpc) is 2.62. The first-order valence-corrected chi connectivity index (χ1v) is 8.84. The van der Waals surface area contributed by atoms with Crippen LogP contribution in [0.25, 0.3) is 0 Å². The monoisotopic (exact) mass is 335 g/mol. The van der Waals surface area contributed by atoms with Crippen LogP contribution in [-0.2, 0) is 4.79 Å². The van der Waals surface area contributed by atoms with E-state index in [1.54, 1.807) is 0 Å². The normalized spacial score (nSPS) is 23.3. The van der Waals surface area contributed by atoms with Crippen molar-refractivity contribution in [2.75, 3.05) is 26.2 Å². The summed E-state index contributed by atoms with van der Waals surface area (Å²) in [6, 6.07) is 7.26. The Morgan fingerprint density at radius 1 is 1.29 bits per heavy atom. The van der Waals surface area contributed by atoms with Crippen LogP contribution in [0.15, 0.2) is 24.3 Å². The molecule has 0 saturated carbocycles. The molecule has 3 atom stereocenters. The smallest absolute Gasteiger partial charge is 0.255 e. The lowest BCUT2D eigenvalue weighted by Gasteiger charge is -2.31. The predicted octanol–water partition coefficient (Wildman–Crippen LogP) is -0.239. The molecule has 3 rings (SSSR count). The predicted molar refractivity (Wildman–Crippen MR) is 89.4 cm³/mol. The SMILES string of the molecule is C[C@H](NC(=O)[C@H](O)C[NH+]1CCCCC1)[C@H]1COc2ccccc2O1. The number of hydrogen-bond acceptors (Lipinski definition) is 4. The summed E-state index contributed by atoms with van der Waals surface area (Å²) < 4.78 is 11.6. The number of piperidine rings is 1. The molecule has 0 bridgehead atoms. The average molecular weight is 335 g/mol. The first-order chi connectivity index (χ1) is 11.6. The molecule has 6 heteroatoms. The van der Waals surface area contributed by atoms with Gasteiger partial charge in [0.1, 0.15) is 13.2 Å². The molecular formula is C18H27N2O4+. The van der Waals surface area contributed by atoms with Crippen LogP contribution in [0.2, 0.25) is 0 Å². The summed E-state index contributed by atoms with van der Waals surface area (Å²) >= 11 is 0. The van der Waals surface area contributed by atoms with Gasteiger partial charge in [-0.15, -0.1) is 0 Å². The van der Waals surface area contributed by atoms with Crippen molar-refractivity contribution in [2.45, 2.75) is 44.4 Å². The van der Waals surface area contributed by atoms with E-state index in [0.29, 0.717) is 18.9 Å². The highest BCUT2D eigenvalue weighted by atomic mass is 16.6. The molecule has 132 valence electrons. The van der Waals surface area contributed by atoms with E-state index in [0.717, 1.165) is 18.8 Å². The number of carbonyl (C=O) groups excluding carboxylic acids is 1. The highest BCUT2D eigenvalue weighted by molar-refractivity contribution is 5.80. The molecule has 2 heterocycles. The first-order valence-electron chi connectivity index (χ1n) is 8.84. The molecule has 1 aromatic rings. The summed E-state index contributed by atoms with van der Waals surface area (Å²) in [5, 5.41) is 13.0. The zero-order chi connectivity index (χ0) is 16.9. The molecule has 24 heavy (non-hydrogen) atoms. The lowest BCUT2D eigenvalue weighted by Crippen LogP contribution is -3.14. The van der Waals surface area contributed by atoms with Crippen molar-refractivity contribution in [1.29, 1.82) is 0 Å². The second kappa shape index (κ2) is 7.85.